The van der Waals surface area contributed by atoms with Gasteiger partial charge in [-0.1, -0.05) is 41.4 Å². The van der Waals surface area contributed by atoms with Gasteiger partial charge < -0.3 is 14.8 Å². The molecule has 1 fully saturated rings. The molecule has 29 heavy (non-hydrogen) atoms. The predicted molar refractivity (Wildman–Crippen MR) is 116 cm³/mol. The van der Waals surface area contributed by atoms with Crippen LogP contribution in [0.3, 0.4) is 0 Å². The molecule has 1 amide bonds. The number of methoxy groups -OCH3 is 2. The first-order chi connectivity index (χ1) is 14.0. The Morgan fingerprint density at radius 1 is 0.966 bits per heavy atom. The molecule has 3 rings (SSSR count). The molecule has 0 radical (unpaired) electrons. The Labute approximate surface area is 181 Å². The van der Waals surface area contributed by atoms with Crippen LogP contribution in [0.25, 0.3) is 0 Å². The SMILES string of the molecule is COc1cc(NC(=O)CN2CCN(Cc3ccccc3Cl)CC2)c(OC)cc1Cl. The molecule has 0 bridgehead atoms. The van der Waals surface area contributed by atoms with E-state index in [0.29, 0.717) is 28.8 Å². The molecule has 0 saturated carbocycles. The van der Waals surface area contributed by atoms with Crippen LogP contribution in [0.15, 0.2) is 36.4 Å². The van der Waals surface area contributed by atoms with Crippen LogP contribution in [0, 0.1) is 0 Å². The van der Waals surface area contributed by atoms with Crippen LogP contribution in [0.4, 0.5) is 5.69 Å². The molecule has 156 valence electrons. The number of nitrogens with zero attached hydrogens (tertiary/aromatic N) is 2. The maximum Gasteiger partial charge on any atom is 0.238 e. The van der Waals surface area contributed by atoms with Crippen LogP contribution < -0.4 is 14.8 Å². The van der Waals surface area contributed by atoms with Gasteiger partial charge in [0.2, 0.25) is 5.91 Å². The molecular formula is C21H25Cl2N3O3. The van der Waals surface area contributed by atoms with E-state index in [1.807, 2.05) is 18.2 Å². The topological polar surface area (TPSA) is 54.0 Å². The largest absolute Gasteiger partial charge is 0.495 e. The van der Waals surface area contributed by atoms with Crippen molar-refractivity contribution >= 4 is 34.8 Å². The van der Waals surface area contributed by atoms with Gasteiger partial charge in [0.15, 0.2) is 0 Å². The maximum atomic E-state index is 12.5. The van der Waals surface area contributed by atoms with Crippen molar-refractivity contribution in [3.8, 4) is 11.5 Å². The van der Waals surface area contributed by atoms with Gasteiger partial charge in [-0.2, -0.15) is 0 Å². The molecule has 1 N–H and O–H groups in total. The summed E-state index contributed by atoms with van der Waals surface area (Å²) in [7, 11) is 3.06. The molecule has 1 aliphatic rings. The first-order valence-electron chi connectivity index (χ1n) is 9.39. The second-order valence-corrected chi connectivity index (χ2v) is 7.69. The Balaban J connectivity index is 1.52. The minimum atomic E-state index is -0.104. The van der Waals surface area contributed by atoms with E-state index in [2.05, 4.69) is 21.2 Å². The Hall–Kier alpha value is -1.99. The Bertz CT molecular complexity index is 855. The number of anilines is 1. The van der Waals surface area contributed by atoms with Gasteiger partial charge in [0, 0.05) is 49.9 Å². The highest BCUT2D eigenvalue weighted by atomic mass is 35.5. The number of nitrogens with one attached hydrogen (secondary N) is 1. The number of amides is 1. The molecule has 1 saturated heterocycles. The molecule has 0 spiro atoms. The normalized spacial score (nSPS) is 15.2. The van der Waals surface area contributed by atoms with E-state index >= 15 is 0 Å². The summed E-state index contributed by atoms with van der Waals surface area (Å²) >= 11 is 12.4. The van der Waals surface area contributed by atoms with Crippen molar-refractivity contribution < 1.29 is 14.3 Å². The van der Waals surface area contributed by atoms with E-state index in [-0.39, 0.29) is 5.91 Å². The summed E-state index contributed by atoms with van der Waals surface area (Å²) in [5.41, 5.74) is 1.67. The molecule has 8 heteroatoms. The smallest absolute Gasteiger partial charge is 0.238 e. The van der Waals surface area contributed by atoms with Crippen LogP contribution in [0.1, 0.15) is 5.56 Å². The molecule has 0 atom stereocenters. The first-order valence-corrected chi connectivity index (χ1v) is 10.1. The van der Waals surface area contributed by atoms with Crippen molar-refractivity contribution in [3.05, 3.63) is 52.0 Å². The lowest BCUT2D eigenvalue weighted by molar-refractivity contribution is -0.117. The average Bonchev–Trinajstić information content (AvgIpc) is 2.72. The number of carbonyl (C=O) groups excluding carboxylic acids is 1. The highest BCUT2D eigenvalue weighted by Crippen LogP contribution is 2.35. The highest BCUT2D eigenvalue weighted by molar-refractivity contribution is 6.32. The van der Waals surface area contributed by atoms with Gasteiger partial charge in [-0.15, -0.1) is 0 Å². The van der Waals surface area contributed by atoms with Crippen LogP contribution >= 0.6 is 23.2 Å². The minimum absolute atomic E-state index is 0.104. The van der Waals surface area contributed by atoms with Gasteiger partial charge >= 0.3 is 0 Å². The van der Waals surface area contributed by atoms with Crippen molar-refractivity contribution in [2.45, 2.75) is 6.54 Å². The third-order valence-electron chi connectivity index (χ3n) is 4.93. The summed E-state index contributed by atoms with van der Waals surface area (Å²) in [4.78, 5) is 17.0. The minimum Gasteiger partial charge on any atom is -0.495 e. The van der Waals surface area contributed by atoms with Crippen LogP contribution in [0.5, 0.6) is 11.5 Å². The zero-order valence-electron chi connectivity index (χ0n) is 16.6. The number of benzene rings is 2. The quantitative estimate of drug-likeness (QED) is 0.714. The molecule has 6 nitrogen and oxygen atoms in total. The fraction of sp³-hybridized carbons (Fsp3) is 0.381. The zero-order valence-corrected chi connectivity index (χ0v) is 18.1. The van der Waals surface area contributed by atoms with Crippen molar-refractivity contribution in [3.63, 3.8) is 0 Å². The molecule has 2 aromatic rings. The van der Waals surface area contributed by atoms with Crippen LogP contribution in [-0.4, -0.2) is 62.7 Å². The standard InChI is InChI=1S/C21H25Cl2N3O3/c1-28-19-12-18(20(29-2)11-17(19)23)24-21(27)14-26-9-7-25(8-10-26)13-15-5-3-4-6-16(15)22/h3-6,11-12H,7-10,13-14H2,1-2H3,(H,24,27). The molecular weight excluding hydrogens is 413 g/mol. The summed E-state index contributed by atoms with van der Waals surface area (Å²) in [6, 6.07) is 11.2. The van der Waals surface area contributed by atoms with Crippen LogP contribution in [0.2, 0.25) is 10.0 Å². The van der Waals surface area contributed by atoms with Crippen molar-refractivity contribution in [1.82, 2.24) is 9.80 Å². The van der Waals surface area contributed by atoms with Gasteiger partial charge in [0.25, 0.3) is 0 Å². The second-order valence-electron chi connectivity index (χ2n) is 6.88. The van der Waals surface area contributed by atoms with Gasteiger partial charge in [0.05, 0.1) is 31.5 Å². The molecule has 0 unspecified atom stereocenters. The third-order valence-corrected chi connectivity index (χ3v) is 5.60. The summed E-state index contributed by atoms with van der Waals surface area (Å²) in [5.74, 6) is 0.872. The third kappa shape index (κ3) is 5.76. The number of rotatable bonds is 7. The fourth-order valence-corrected chi connectivity index (χ4v) is 3.75. The summed E-state index contributed by atoms with van der Waals surface area (Å²) in [5, 5.41) is 4.11. The molecule has 0 aromatic heterocycles. The predicted octanol–water partition coefficient (Wildman–Crippen LogP) is 3.77. The van der Waals surface area contributed by atoms with E-state index in [0.717, 1.165) is 43.3 Å². The summed E-state index contributed by atoms with van der Waals surface area (Å²) in [6.45, 7) is 4.54. The summed E-state index contributed by atoms with van der Waals surface area (Å²) < 4.78 is 10.5. The monoisotopic (exact) mass is 437 g/mol. The molecule has 1 aliphatic heterocycles. The zero-order chi connectivity index (χ0) is 20.8. The van der Waals surface area contributed by atoms with Gasteiger partial charge in [0.1, 0.15) is 11.5 Å². The Morgan fingerprint density at radius 3 is 2.28 bits per heavy atom. The Kier molecular flexibility index (Phi) is 7.61. The van der Waals surface area contributed by atoms with Gasteiger partial charge in [-0.25, -0.2) is 0 Å². The van der Waals surface area contributed by atoms with E-state index in [1.165, 1.54) is 14.2 Å². The van der Waals surface area contributed by atoms with E-state index in [4.69, 9.17) is 32.7 Å². The number of carbonyl (C=O) groups is 1. The van der Waals surface area contributed by atoms with E-state index < -0.39 is 0 Å². The highest BCUT2D eigenvalue weighted by Gasteiger charge is 2.20. The lowest BCUT2D eigenvalue weighted by Gasteiger charge is -2.34. The van der Waals surface area contributed by atoms with Crippen molar-refractivity contribution in [2.75, 3.05) is 52.3 Å². The number of hydrogen-bond donors (Lipinski definition) is 1. The lowest BCUT2D eigenvalue weighted by Crippen LogP contribution is -2.48. The van der Waals surface area contributed by atoms with E-state index in [9.17, 15) is 4.79 Å². The van der Waals surface area contributed by atoms with Gasteiger partial charge in [-0.05, 0) is 11.6 Å². The summed E-state index contributed by atoms with van der Waals surface area (Å²) in [6.07, 6.45) is 0. The van der Waals surface area contributed by atoms with Crippen molar-refractivity contribution in [1.29, 1.82) is 0 Å². The fourth-order valence-electron chi connectivity index (χ4n) is 3.32. The average molecular weight is 438 g/mol. The second kappa shape index (κ2) is 10.2. The molecule has 0 aliphatic carbocycles. The van der Waals surface area contributed by atoms with Crippen molar-refractivity contribution in [2.24, 2.45) is 0 Å². The lowest BCUT2D eigenvalue weighted by atomic mass is 10.2. The Morgan fingerprint density at radius 2 is 1.62 bits per heavy atom. The number of hydrogen-bond acceptors (Lipinski definition) is 5. The number of piperazine rings is 1. The number of ether oxygens (including phenoxy) is 2. The van der Waals surface area contributed by atoms with Crippen LogP contribution in [-0.2, 0) is 11.3 Å². The first kappa shape index (κ1) is 21.7. The van der Waals surface area contributed by atoms with Gasteiger partial charge in [-0.3, -0.25) is 14.6 Å². The van der Waals surface area contributed by atoms with E-state index in [1.54, 1.807) is 12.1 Å². The molecule has 1 heterocycles. The maximum absolute atomic E-state index is 12.5. The molecule has 2 aromatic carbocycles. The number of halogens is 2.